The molecule has 0 aliphatic heterocycles. The minimum atomic E-state index is -0.942. The smallest absolute Gasteiger partial charge is 0.339 e. The van der Waals surface area contributed by atoms with Crippen LogP contribution < -0.4 is 0 Å². The van der Waals surface area contributed by atoms with Gasteiger partial charge in [-0.25, -0.2) is 4.79 Å². The molecule has 0 fully saturated rings. The summed E-state index contributed by atoms with van der Waals surface area (Å²) in [6.45, 7) is 1.26. The van der Waals surface area contributed by atoms with Crippen LogP contribution in [-0.4, -0.2) is 32.8 Å². The number of aromatic nitrogens is 2. The molecule has 0 unspecified atom stereocenters. The Kier molecular flexibility index (Phi) is 4.57. The molecule has 2 rings (SSSR count). The number of nitrogens with zero attached hydrogens (tertiary/aromatic N) is 3. The molecule has 5 nitrogen and oxygen atoms in total. The highest BCUT2D eigenvalue weighted by atomic mass is 79.9. The maximum Gasteiger partial charge on any atom is 0.339 e. The minimum absolute atomic E-state index is 0.256. The van der Waals surface area contributed by atoms with Gasteiger partial charge in [0.1, 0.15) is 5.56 Å². The molecule has 0 saturated carbocycles. The Bertz CT molecular complexity index is 625. The molecule has 1 aromatic carbocycles. The van der Waals surface area contributed by atoms with Crippen LogP contribution in [0.1, 0.15) is 21.6 Å². The Hall–Kier alpha value is -1.66. The number of carboxylic acids is 1. The van der Waals surface area contributed by atoms with Crippen LogP contribution in [0.15, 0.2) is 34.9 Å². The molecule has 1 N–H and O–H groups in total. The Balaban J connectivity index is 2.13. The fourth-order valence-corrected chi connectivity index (χ4v) is 2.47. The van der Waals surface area contributed by atoms with Gasteiger partial charge in [0.15, 0.2) is 0 Å². The van der Waals surface area contributed by atoms with Crippen molar-refractivity contribution in [3.63, 3.8) is 0 Å². The molecule has 1 aromatic heterocycles. The SMILES string of the molecule is CN(Cc1ccccc1Br)Cc1c(C(=O)O)cnn1C. The van der Waals surface area contributed by atoms with E-state index >= 15 is 0 Å². The lowest BCUT2D eigenvalue weighted by Crippen LogP contribution is -2.21. The predicted molar refractivity (Wildman–Crippen MR) is 79.5 cm³/mol. The van der Waals surface area contributed by atoms with Crippen LogP contribution in [0.2, 0.25) is 0 Å². The highest BCUT2D eigenvalue weighted by Crippen LogP contribution is 2.18. The molecular formula is C14H16BrN3O2. The summed E-state index contributed by atoms with van der Waals surface area (Å²) < 4.78 is 2.66. The summed E-state index contributed by atoms with van der Waals surface area (Å²) in [5, 5.41) is 13.2. The summed E-state index contributed by atoms with van der Waals surface area (Å²) in [5.74, 6) is -0.942. The van der Waals surface area contributed by atoms with E-state index in [1.54, 1.807) is 11.7 Å². The van der Waals surface area contributed by atoms with Crippen molar-refractivity contribution in [3.8, 4) is 0 Å². The van der Waals surface area contributed by atoms with Crippen molar-refractivity contribution >= 4 is 21.9 Å². The van der Waals surface area contributed by atoms with Crippen LogP contribution in [0.4, 0.5) is 0 Å². The zero-order valence-electron chi connectivity index (χ0n) is 11.4. The first kappa shape index (κ1) is 14.7. The van der Waals surface area contributed by atoms with Gasteiger partial charge >= 0.3 is 5.97 Å². The Morgan fingerprint density at radius 2 is 2.10 bits per heavy atom. The number of benzene rings is 1. The van der Waals surface area contributed by atoms with Gasteiger partial charge in [-0.3, -0.25) is 9.58 Å². The Labute approximate surface area is 126 Å². The third-order valence-corrected chi connectivity index (χ3v) is 3.88. The van der Waals surface area contributed by atoms with Gasteiger partial charge in [-0.05, 0) is 18.7 Å². The van der Waals surface area contributed by atoms with Crippen molar-refractivity contribution in [2.75, 3.05) is 7.05 Å². The second-order valence-electron chi connectivity index (χ2n) is 4.70. The molecule has 6 heteroatoms. The largest absolute Gasteiger partial charge is 0.478 e. The lowest BCUT2D eigenvalue weighted by atomic mass is 10.2. The van der Waals surface area contributed by atoms with Crippen LogP contribution in [-0.2, 0) is 20.1 Å². The van der Waals surface area contributed by atoms with Gasteiger partial charge < -0.3 is 5.11 Å². The molecular weight excluding hydrogens is 322 g/mol. The summed E-state index contributed by atoms with van der Waals surface area (Å²) in [5.41, 5.74) is 2.12. The number of halogens is 1. The molecule has 0 aliphatic carbocycles. The third kappa shape index (κ3) is 3.26. The average molecular weight is 338 g/mol. The first-order chi connectivity index (χ1) is 9.49. The molecule has 20 heavy (non-hydrogen) atoms. The van der Waals surface area contributed by atoms with E-state index in [2.05, 4.69) is 25.9 Å². The average Bonchev–Trinajstić information content (AvgIpc) is 2.74. The zero-order valence-corrected chi connectivity index (χ0v) is 13.0. The number of hydrogen-bond acceptors (Lipinski definition) is 3. The van der Waals surface area contributed by atoms with Gasteiger partial charge in [-0.1, -0.05) is 34.1 Å². The topological polar surface area (TPSA) is 58.4 Å². The molecule has 0 amide bonds. The third-order valence-electron chi connectivity index (χ3n) is 3.11. The molecule has 0 aliphatic rings. The van der Waals surface area contributed by atoms with Crippen molar-refractivity contribution in [1.29, 1.82) is 0 Å². The maximum atomic E-state index is 11.1. The highest BCUT2D eigenvalue weighted by Gasteiger charge is 2.16. The number of aromatic carboxylic acids is 1. The van der Waals surface area contributed by atoms with Crippen molar-refractivity contribution in [2.45, 2.75) is 13.1 Å². The van der Waals surface area contributed by atoms with E-state index in [9.17, 15) is 4.79 Å². The van der Waals surface area contributed by atoms with E-state index in [-0.39, 0.29) is 5.56 Å². The van der Waals surface area contributed by atoms with Crippen molar-refractivity contribution < 1.29 is 9.90 Å². The Morgan fingerprint density at radius 3 is 2.75 bits per heavy atom. The summed E-state index contributed by atoms with van der Waals surface area (Å²) >= 11 is 3.52. The van der Waals surface area contributed by atoms with E-state index < -0.39 is 5.97 Å². The lowest BCUT2D eigenvalue weighted by Gasteiger charge is -2.18. The standard InChI is InChI=1S/C14H16BrN3O2/c1-17(8-10-5-3-4-6-12(10)15)9-13-11(14(19)20)7-16-18(13)2/h3-7H,8-9H2,1-2H3,(H,19,20). The molecule has 106 valence electrons. The monoisotopic (exact) mass is 337 g/mol. The van der Waals surface area contributed by atoms with Crippen LogP contribution >= 0.6 is 15.9 Å². The van der Waals surface area contributed by atoms with Gasteiger partial charge in [0, 0.05) is 24.6 Å². The van der Waals surface area contributed by atoms with Gasteiger partial charge in [-0.2, -0.15) is 5.10 Å². The summed E-state index contributed by atoms with van der Waals surface area (Å²) in [6, 6.07) is 8.00. The zero-order chi connectivity index (χ0) is 14.7. The maximum absolute atomic E-state index is 11.1. The number of aryl methyl sites for hydroxylation is 1. The number of carboxylic acid groups (broad SMARTS) is 1. The van der Waals surface area contributed by atoms with Crippen LogP contribution in [0.25, 0.3) is 0 Å². The van der Waals surface area contributed by atoms with E-state index in [1.165, 1.54) is 6.20 Å². The van der Waals surface area contributed by atoms with E-state index in [0.717, 1.165) is 16.6 Å². The molecule has 0 spiro atoms. The van der Waals surface area contributed by atoms with E-state index in [4.69, 9.17) is 5.11 Å². The van der Waals surface area contributed by atoms with Crippen LogP contribution in [0, 0.1) is 0 Å². The van der Waals surface area contributed by atoms with Gasteiger partial charge in [0.25, 0.3) is 0 Å². The van der Waals surface area contributed by atoms with Gasteiger partial charge in [-0.15, -0.1) is 0 Å². The summed E-state index contributed by atoms with van der Waals surface area (Å²) in [4.78, 5) is 13.2. The van der Waals surface area contributed by atoms with E-state index in [1.807, 2.05) is 31.3 Å². The quantitative estimate of drug-likeness (QED) is 0.910. The second-order valence-corrected chi connectivity index (χ2v) is 5.55. The molecule has 0 bridgehead atoms. The first-order valence-electron chi connectivity index (χ1n) is 6.15. The molecule has 0 saturated heterocycles. The second kappa shape index (κ2) is 6.19. The fourth-order valence-electron chi connectivity index (χ4n) is 2.06. The number of rotatable bonds is 5. The fraction of sp³-hybridized carbons (Fsp3) is 0.286. The van der Waals surface area contributed by atoms with Crippen molar-refractivity contribution in [3.05, 3.63) is 51.8 Å². The molecule has 2 aromatic rings. The van der Waals surface area contributed by atoms with E-state index in [0.29, 0.717) is 12.2 Å². The Morgan fingerprint density at radius 1 is 1.40 bits per heavy atom. The number of carbonyl (C=O) groups is 1. The van der Waals surface area contributed by atoms with Crippen molar-refractivity contribution in [2.24, 2.45) is 7.05 Å². The number of hydrogen-bond donors (Lipinski definition) is 1. The first-order valence-corrected chi connectivity index (χ1v) is 6.94. The predicted octanol–water partition coefficient (Wildman–Crippen LogP) is 2.51. The molecule has 0 radical (unpaired) electrons. The summed E-state index contributed by atoms with van der Waals surface area (Å²) in [6.07, 6.45) is 1.39. The lowest BCUT2D eigenvalue weighted by molar-refractivity contribution is 0.0694. The highest BCUT2D eigenvalue weighted by molar-refractivity contribution is 9.10. The summed E-state index contributed by atoms with van der Waals surface area (Å²) in [7, 11) is 3.71. The molecule has 0 atom stereocenters. The van der Waals surface area contributed by atoms with Crippen molar-refractivity contribution in [1.82, 2.24) is 14.7 Å². The minimum Gasteiger partial charge on any atom is -0.478 e. The normalized spacial score (nSPS) is 11.0. The molecule has 1 heterocycles. The van der Waals surface area contributed by atoms with Gasteiger partial charge in [0.2, 0.25) is 0 Å². The van der Waals surface area contributed by atoms with Crippen LogP contribution in [0.5, 0.6) is 0 Å². The van der Waals surface area contributed by atoms with Gasteiger partial charge in [0.05, 0.1) is 11.9 Å². The van der Waals surface area contributed by atoms with Crippen LogP contribution in [0.3, 0.4) is 0 Å².